The van der Waals surface area contributed by atoms with Crippen molar-refractivity contribution in [2.75, 3.05) is 0 Å². The first-order chi connectivity index (χ1) is 9.71. The molecule has 0 saturated heterocycles. The van der Waals surface area contributed by atoms with Crippen molar-refractivity contribution in [1.82, 2.24) is 5.32 Å². The second-order valence-corrected chi connectivity index (χ2v) is 6.82. The first-order valence-electron chi connectivity index (χ1n) is 6.93. The molecule has 0 saturated carbocycles. The minimum absolute atomic E-state index is 0.0457. The lowest BCUT2D eigenvalue weighted by molar-refractivity contribution is 0.484. The van der Waals surface area contributed by atoms with Crippen LogP contribution in [0.25, 0.3) is 10.8 Å². The van der Waals surface area contributed by atoms with Crippen LogP contribution in [0.15, 0.2) is 47.4 Å². The summed E-state index contributed by atoms with van der Waals surface area (Å²) < 4.78 is 31.0. The molecular weight excluding hydrogens is 286 g/mol. The zero-order chi connectivity index (χ0) is 16.0. The van der Waals surface area contributed by atoms with E-state index >= 15 is 0 Å². The number of hydrogen-bond acceptors (Lipinski definition) is 3. The van der Waals surface area contributed by atoms with Gasteiger partial charge >= 0.3 is 0 Å². The topological polar surface area (TPSA) is 66.4 Å². The summed E-state index contributed by atoms with van der Waals surface area (Å²) in [5.74, 6) is 0. The number of fused-ring (bicyclic) bond motifs is 1. The Morgan fingerprint density at radius 1 is 0.905 bits per heavy atom. The van der Waals surface area contributed by atoms with Gasteiger partial charge in [-0.25, -0.2) is 0 Å². The molecule has 2 rings (SSSR count). The number of hydrogen-bond donors (Lipinski definition) is 2. The van der Waals surface area contributed by atoms with E-state index in [1.807, 2.05) is 6.07 Å². The summed E-state index contributed by atoms with van der Waals surface area (Å²) in [6, 6.07) is 13.0. The summed E-state index contributed by atoms with van der Waals surface area (Å²) in [6.45, 7) is 8.61. The van der Waals surface area contributed by atoms with Crippen LogP contribution in [0.3, 0.4) is 0 Å². The normalized spacial score (nSPS) is 11.6. The summed E-state index contributed by atoms with van der Waals surface area (Å²) >= 11 is 0. The number of nitrogens with one attached hydrogen (secondary N) is 1. The van der Waals surface area contributed by atoms with E-state index in [4.69, 9.17) is 4.55 Å². The van der Waals surface area contributed by atoms with Crippen molar-refractivity contribution in [3.63, 3.8) is 0 Å². The van der Waals surface area contributed by atoms with E-state index < -0.39 is 10.1 Å². The highest BCUT2D eigenvalue weighted by atomic mass is 32.2. The third-order valence-corrected chi connectivity index (χ3v) is 3.61. The largest absolute Gasteiger partial charge is 0.312 e. The number of benzene rings is 2. The molecule has 0 bridgehead atoms. The highest BCUT2D eigenvalue weighted by Gasteiger charge is 2.12. The molecule has 0 atom stereocenters. The molecule has 116 valence electrons. The third-order valence-electron chi connectivity index (χ3n) is 2.69. The Morgan fingerprint density at radius 2 is 1.43 bits per heavy atom. The summed E-state index contributed by atoms with van der Waals surface area (Å²) in [4.78, 5) is -0.0457. The van der Waals surface area contributed by atoms with Crippen LogP contribution in [-0.2, 0) is 10.1 Å². The first kappa shape index (κ1) is 17.6. The van der Waals surface area contributed by atoms with Gasteiger partial charge in [0.1, 0.15) is 4.90 Å². The van der Waals surface area contributed by atoms with Crippen molar-refractivity contribution in [2.45, 2.75) is 44.7 Å². The SMILES string of the molecule is CC(C)NC(C)C.O=S(=O)(O)c1cccc2ccccc12. The van der Waals surface area contributed by atoms with Gasteiger partial charge in [-0.05, 0) is 11.5 Å². The molecule has 0 heterocycles. The molecule has 21 heavy (non-hydrogen) atoms. The molecule has 2 aromatic carbocycles. The fraction of sp³-hybridized carbons (Fsp3) is 0.375. The van der Waals surface area contributed by atoms with Gasteiger partial charge in [0.25, 0.3) is 10.1 Å². The molecule has 4 nitrogen and oxygen atoms in total. The summed E-state index contributed by atoms with van der Waals surface area (Å²) in [5, 5.41) is 4.64. The second kappa shape index (κ2) is 7.54. The van der Waals surface area contributed by atoms with E-state index in [0.29, 0.717) is 17.5 Å². The van der Waals surface area contributed by atoms with Gasteiger partial charge in [-0.3, -0.25) is 4.55 Å². The van der Waals surface area contributed by atoms with E-state index in [0.717, 1.165) is 5.39 Å². The van der Waals surface area contributed by atoms with Gasteiger partial charge in [0.05, 0.1) is 0 Å². The van der Waals surface area contributed by atoms with Crippen LogP contribution in [-0.4, -0.2) is 25.1 Å². The lowest BCUT2D eigenvalue weighted by Gasteiger charge is -2.10. The minimum atomic E-state index is -4.13. The van der Waals surface area contributed by atoms with Crippen LogP contribution in [0.5, 0.6) is 0 Å². The van der Waals surface area contributed by atoms with Gasteiger partial charge in [0, 0.05) is 17.5 Å². The van der Waals surface area contributed by atoms with Crippen LogP contribution >= 0.6 is 0 Å². The molecule has 0 aliphatic rings. The average molecular weight is 309 g/mol. The summed E-state index contributed by atoms with van der Waals surface area (Å²) in [5.41, 5.74) is 0. The van der Waals surface area contributed by atoms with Crippen molar-refractivity contribution in [3.05, 3.63) is 42.5 Å². The van der Waals surface area contributed by atoms with Gasteiger partial charge < -0.3 is 5.32 Å². The summed E-state index contributed by atoms with van der Waals surface area (Å²) in [7, 11) is -4.13. The predicted octanol–water partition coefficient (Wildman–Crippen LogP) is 3.48. The monoisotopic (exact) mass is 309 g/mol. The average Bonchev–Trinajstić information content (AvgIpc) is 2.36. The summed E-state index contributed by atoms with van der Waals surface area (Å²) in [6.07, 6.45) is 0. The Labute approximate surface area is 126 Å². The lowest BCUT2D eigenvalue weighted by atomic mass is 10.1. The smallest absolute Gasteiger partial charge is 0.295 e. The Bertz CT molecular complexity index is 667. The predicted molar refractivity (Wildman–Crippen MR) is 87.2 cm³/mol. The van der Waals surface area contributed by atoms with E-state index in [2.05, 4.69) is 33.0 Å². The Morgan fingerprint density at radius 3 is 1.90 bits per heavy atom. The van der Waals surface area contributed by atoms with Crippen LogP contribution in [0.1, 0.15) is 27.7 Å². The molecule has 0 aliphatic heterocycles. The molecule has 0 aliphatic carbocycles. The number of rotatable bonds is 3. The first-order valence-corrected chi connectivity index (χ1v) is 8.37. The lowest BCUT2D eigenvalue weighted by Crippen LogP contribution is -2.29. The van der Waals surface area contributed by atoms with Crippen molar-refractivity contribution in [3.8, 4) is 0 Å². The quantitative estimate of drug-likeness (QED) is 0.852. The van der Waals surface area contributed by atoms with Crippen molar-refractivity contribution in [2.24, 2.45) is 0 Å². The van der Waals surface area contributed by atoms with Gasteiger partial charge in [-0.15, -0.1) is 0 Å². The van der Waals surface area contributed by atoms with Crippen molar-refractivity contribution in [1.29, 1.82) is 0 Å². The van der Waals surface area contributed by atoms with Crippen LogP contribution in [0, 0.1) is 0 Å². The fourth-order valence-electron chi connectivity index (χ4n) is 2.09. The fourth-order valence-corrected chi connectivity index (χ4v) is 2.80. The highest BCUT2D eigenvalue weighted by Crippen LogP contribution is 2.21. The molecule has 2 aromatic rings. The maximum Gasteiger partial charge on any atom is 0.295 e. The van der Waals surface area contributed by atoms with Crippen LogP contribution in [0.4, 0.5) is 0 Å². The zero-order valence-corrected chi connectivity index (χ0v) is 13.7. The Balaban J connectivity index is 0.000000270. The van der Waals surface area contributed by atoms with Gasteiger partial charge in [-0.1, -0.05) is 64.1 Å². The highest BCUT2D eigenvalue weighted by molar-refractivity contribution is 7.86. The molecule has 2 N–H and O–H groups in total. The van der Waals surface area contributed by atoms with Crippen LogP contribution < -0.4 is 5.32 Å². The molecule has 0 unspecified atom stereocenters. The Hall–Kier alpha value is -1.43. The third kappa shape index (κ3) is 5.83. The molecule has 0 radical (unpaired) electrons. The Kier molecular flexibility index (Phi) is 6.33. The molecule has 0 amide bonds. The van der Waals surface area contributed by atoms with E-state index in [1.165, 1.54) is 6.07 Å². The molecule has 0 spiro atoms. The van der Waals surface area contributed by atoms with Gasteiger partial charge in [0.2, 0.25) is 0 Å². The molecule has 0 fully saturated rings. The molecule has 5 heteroatoms. The van der Waals surface area contributed by atoms with Crippen LogP contribution in [0.2, 0.25) is 0 Å². The maximum atomic E-state index is 11.0. The van der Waals surface area contributed by atoms with Crippen molar-refractivity contribution < 1.29 is 13.0 Å². The standard InChI is InChI=1S/C10H8O3S.C6H15N/c11-14(12,13)10-7-3-5-8-4-1-2-6-9(8)10;1-5(2)7-6(3)4/h1-7H,(H,11,12,13);5-7H,1-4H3. The van der Waals surface area contributed by atoms with E-state index in [1.54, 1.807) is 30.3 Å². The minimum Gasteiger partial charge on any atom is -0.312 e. The van der Waals surface area contributed by atoms with Gasteiger partial charge in [-0.2, -0.15) is 8.42 Å². The van der Waals surface area contributed by atoms with E-state index in [-0.39, 0.29) is 4.90 Å². The maximum absolute atomic E-state index is 11.0. The molecule has 0 aromatic heterocycles. The zero-order valence-electron chi connectivity index (χ0n) is 12.9. The van der Waals surface area contributed by atoms with E-state index in [9.17, 15) is 8.42 Å². The molecular formula is C16H23NO3S. The van der Waals surface area contributed by atoms with Gasteiger partial charge in [0.15, 0.2) is 0 Å². The second-order valence-electron chi connectivity index (χ2n) is 5.43. The van der Waals surface area contributed by atoms with Crippen molar-refractivity contribution >= 4 is 20.9 Å².